The fourth-order valence-electron chi connectivity index (χ4n) is 9.62. The first-order valence-electron chi connectivity index (χ1n) is 26.1. The minimum absolute atomic E-state index is 0. The van der Waals surface area contributed by atoms with E-state index >= 15 is 0 Å². The van der Waals surface area contributed by atoms with Crippen LogP contribution in [0.25, 0.3) is 11.4 Å². The van der Waals surface area contributed by atoms with E-state index in [1.165, 1.54) is 45.3 Å². The third-order valence-electron chi connectivity index (χ3n) is 15.2. The van der Waals surface area contributed by atoms with Gasteiger partial charge in [-0.25, -0.2) is 34.4 Å². The highest BCUT2D eigenvalue weighted by atomic mass is 32.2. The Kier molecular flexibility index (Phi) is 19.2. The second kappa shape index (κ2) is 25.4. The standard InChI is InChI=1S/C27H29F2N5O6S.C27H31F2N5O4S.2CH4/c1-2-27(7-8-27)18-40-25-24(16-30-33(26(25)35)23-14-20(28)13-21(29)15-23)31-9-11-32(12-10-31)41(38,39)17-19-3-5-22(6-4-19)34(36)37;1-2-27(7-8-27)18-38-25-24(16-31-34(26(25)35)23-14-20(28)13-21(29)15-23)32-9-11-33(12-10-32)39(36,37)17-19-3-5-22(30)6-4-19;;/h3-6,13-16H,2,7-12,17-18H2,1H3;3-6,13-16H,2,7-12,17-18,30H2,1H3;2*1H4. The van der Waals surface area contributed by atoms with E-state index in [4.69, 9.17) is 15.2 Å². The first-order valence-corrected chi connectivity index (χ1v) is 29.3. The van der Waals surface area contributed by atoms with Gasteiger partial charge in [-0.05, 0) is 86.1 Å². The number of piperazine rings is 2. The largest absolute Gasteiger partial charge is 0.486 e. The Morgan fingerprint density at radius 1 is 0.573 bits per heavy atom. The maximum Gasteiger partial charge on any atom is 0.316 e. The number of ether oxygens (including phenoxy) is 2. The van der Waals surface area contributed by atoms with Gasteiger partial charge in [0.15, 0.2) is 0 Å². The summed E-state index contributed by atoms with van der Waals surface area (Å²) < 4.78 is 125. The van der Waals surface area contributed by atoms with Crippen LogP contribution < -0.4 is 36.1 Å². The van der Waals surface area contributed by atoms with Crippen LogP contribution in [-0.4, -0.2) is 116 Å². The normalized spacial score (nSPS) is 16.7. The molecule has 26 heteroatoms. The van der Waals surface area contributed by atoms with Crippen molar-refractivity contribution in [1.29, 1.82) is 0 Å². The third-order valence-corrected chi connectivity index (χ3v) is 18.9. The van der Waals surface area contributed by atoms with Crippen LogP contribution in [0.2, 0.25) is 0 Å². The van der Waals surface area contributed by atoms with Crippen molar-refractivity contribution in [3.63, 3.8) is 0 Å². The highest BCUT2D eigenvalue weighted by Gasteiger charge is 2.43. The molecule has 2 N–H and O–H groups in total. The van der Waals surface area contributed by atoms with Crippen LogP contribution in [0.5, 0.6) is 11.5 Å². The van der Waals surface area contributed by atoms with E-state index in [1.807, 2.05) is 16.7 Å². The van der Waals surface area contributed by atoms with E-state index in [2.05, 4.69) is 17.1 Å². The Hall–Kier alpha value is -7.42. The molecule has 442 valence electrons. The lowest BCUT2D eigenvalue weighted by atomic mass is 10.1. The third kappa shape index (κ3) is 14.4. The van der Waals surface area contributed by atoms with Crippen LogP contribution in [0, 0.1) is 44.2 Å². The molecule has 4 aliphatic rings. The van der Waals surface area contributed by atoms with Crippen LogP contribution >= 0.6 is 0 Å². The number of non-ortho nitro benzene ring substituents is 1. The average molecular weight is 1180 g/mol. The van der Waals surface area contributed by atoms with E-state index < -0.39 is 59.4 Å². The Bertz CT molecular complexity index is 3570. The summed E-state index contributed by atoms with van der Waals surface area (Å²) in [5.41, 5.74) is 6.57. The Morgan fingerprint density at radius 3 is 1.23 bits per heavy atom. The minimum Gasteiger partial charge on any atom is -0.486 e. The summed E-state index contributed by atoms with van der Waals surface area (Å²) in [6.07, 6.45) is 8.55. The molecular formula is C56H68F4N10O10S2. The molecule has 4 aromatic carbocycles. The van der Waals surface area contributed by atoms with E-state index in [0.717, 1.165) is 78.2 Å². The number of nitrogens with two attached hydrogens (primary N) is 1. The molecule has 0 atom stereocenters. The van der Waals surface area contributed by atoms with Gasteiger partial charge >= 0.3 is 11.1 Å². The quantitative estimate of drug-likeness (QED) is 0.0348. The summed E-state index contributed by atoms with van der Waals surface area (Å²) in [6, 6.07) is 17.6. The maximum absolute atomic E-state index is 13.9. The smallest absolute Gasteiger partial charge is 0.316 e. The molecule has 0 spiro atoms. The molecule has 82 heavy (non-hydrogen) atoms. The Balaban J connectivity index is 0.000000231. The van der Waals surface area contributed by atoms with Crippen LogP contribution in [0.3, 0.4) is 0 Å². The predicted molar refractivity (Wildman–Crippen MR) is 305 cm³/mol. The van der Waals surface area contributed by atoms with E-state index in [0.29, 0.717) is 60.6 Å². The summed E-state index contributed by atoms with van der Waals surface area (Å²) >= 11 is 0. The summed E-state index contributed by atoms with van der Waals surface area (Å²) in [6.45, 7) is 6.57. The van der Waals surface area contributed by atoms with Gasteiger partial charge in [-0.1, -0.05) is 53.0 Å². The lowest BCUT2D eigenvalue weighted by molar-refractivity contribution is -0.384. The molecule has 2 aliphatic heterocycles. The van der Waals surface area contributed by atoms with Gasteiger partial charge < -0.3 is 25.0 Å². The molecule has 2 saturated carbocycles. The molecule has 2 aliphatic carbocycles. The monoisotopic (exact) mass is 1180 g/mol. The molecule has 0 bridgehead atoms. The fourth-order valence-corrected chi connectivity index (χ4v) is 12.7. The zero-order valence-corrected chi connectivity index (χ0v) is 45.6. The number of nitrogen functional groups attached to an aromatic ring is 1. The number of benzene rings is 4. The van der Waals surface area contributed by atoms with Crippen LogP contribution in [0.1, 0.15) is 78.4 Å². The number of nitro groups is 1. The molecule has 4 heterocycles. The van der Waals surface area contributed by atoms with Gasteiger partial charge in [0, 0.05) is 93.1 Å². The number of rotatable bonds is 19. The summed E-state index contributed by atoms with van der Waals surface area (Å²) in [5, 5.41) is 19.2. The SMILES string of the molecule is C.C.CCC1(COc2c(N3CCN(S(=O)(=O)Cc4ccc(N)cc4)CC3)cnn(-c3cc(F)cc(F)c3)c2=O)CC1.CCC1(COc2c(N3CCN(S(=O)(=O)Cc4ccc([N+](=O)[O-])cc4)CC3)cnn(-c3cc(F)cc(F)c3)c2=O)CC1. The zero-order valence-electron chi connectivity index (χ0n) is 44.0. The van der Waals surface area contributed by atoms with Crippen molar-refractivity contribution in [1.82, 2.24) is 28.2 Å². The second-order valence-corrected chi connectivity index (χ2v) is 24.6. The van der Waals surface area contributed by atoms with E-state index in [-0.39, 0.29) is 105 Å². The van der Waals surface area contributed by atoms with E-state index in [1.54, 1.807) is 24.3 Å². The van der Waals surface area contributed by atoms with Crippen molar-refractivity contribution >= 4 is 42.8 Å². The van der Waals surface area contributed by atoms with Gasteiger partial charge in [0.25, 0.3) is 5.69 Å². The van der Waals surface area contributed by atoms with Gasteiger partial charge in [-0.15, -0.1) is 0 Å². The van der Waals surface area contributed by atoms with Gasteiger partial charge in [0.2, 0.25) is 31.5 Å². The van der Waals surface area contributed by atoms with Gasteiger partial charge in [-0.3, -0.25) is 19.7 Å². The molecule has 0 amide bonds. The summed E-state index contributed by atoms with van der Waals surface area (Å²) in [7, 11) is -7.28. The van der Waals surface area contributed by atoms with Crippen molar-refractivity contribution in [2.45, 2.75) is 78.7 Å². The molecule has 4 fully saturated rings. The van der Waals surface area contributed by atoms with Crippen molar-refractivity contribution in [3.05, 3.63) is 163 Å². The lowest BCUT2D eigenvalue weighted by Gasteiger charge is -2.35. The summed E-state index contributed by atoms with van der Waals surface area (Å²) in [4.78, 5) is 41.0. The van der Waals surface area contributed by atoms with Crippen molar-refractivity contribution in [3.8, 4) is 22.9 Å². The topological polar surface area (TPSA) is 239 Å². The number of aromatic nitrogens is 4. The number of halogens is 4. The minimum atomic E-state index is -3.72. The molecular weight excluding hydrogens is 1110 g/mol. The lowest BCUT2D eigenvalue weighted by Crippen LogP contribution is -2.49. The van der Waals surface area contributed by atoms with Crippen molar-refractivity contribution in [2.24, 2.45) is 10.8 Å². The molecule has 2 saturated heterocycles. The van der Waals surface area contributed by atoms with Gasteiger partial charge in [0.1, 0.15) is 34.6 Å². The first-order chi connectivity index (χ1) is 38.1. The molecule has 20 nitrogen and oxygen atoms in total. The summed E-state index contributed by atoms with van der Waals surface area (Å²) in [5.74, 6) is -3.78. The zero-order chi connectivity index (χ0) is 57.1. The fraction of sp³-hybridized carbons (Fsp3) is 0.429. The molecule has 6 aromatic rings. The first kappa shape index (κ1) is 62.2. The Labute approximate surface area is 473 Å². The van der Waals surface area contributed by atoms with Crippen LogP contribution in [0.4, 0.5) is 40.3 Å². The van der Waals surface area contributed by atoms with Crippen molar-refractivity contribution < 1.29 is 48.8 Å². The number of anilines is 3. The predicted octanol–water partition coefficient (Wildman–Crippen LogP) is 8.23. The number of sulfonamides is 2. The van der Waals surface area contributed by atoms with Gasteiger partial charge in [0.05, 0.1) is 53.4 Å². The molecule has 2 aromatic heterocycles. The molecule has 10 rings (SSSR count). The second-order valence-electron chi connectivity index (χ2n) is 20.6. The highest BCUT2D eigenvalue weighted by molar-refractivity contribution is 7.88. The number of hydrogen-bond acceptors (Lipinski definition) is 15. The van der Waals surface area contributed by atoms with Crippen LogP contribution in [-0.2, 0) is 31.6 Å². The maximum atomic E-state index is 13.9. The molecule has 0 radical (unpaired) electrons. The van der Waals surface area contributed by atoms with E-state index in [9.17, 15) is 54.1 Å². The van der Waals surface area contributed by atoms with Gasteiger partial charge in [-0.2, -0.15) is 28.2 Å². The number of nitrogens with zero attached hydrogens (tertiary/aromatic N) is 9. The Morgan fingerprint density at radius 2 is 0.915 bits per heavy atom. The van der Waals surface area contributed by atoms with Crippen LogP contribution in [0.15, 0.2) is 107 Å². The number of nitro benzene ring substituents is 1. The van der Waals surface area contributed by atoms with Crippen molar-refractivity contribution in [2.75, 3.05) is 81.1 Å². The number of hydrogen-bond donors (Lipinski definition) is 1. The highest BCUT2D eigenvalue weighted by Crippen LogP contribution is 2.50. The average Bonchev–Trinajstić information content (AvgIpc) is 4.42. The molecule has 0 unspecified atom stereocenters.